The van der Waals surface area contributed by atoms with Gasteiger partial charge in [-0.05, 0) is 85.8 Å². The average molecular weight is 551 g/mol. The second-order valence-electron chi connectivity index (χ2n) is 10.3. The first-order chi connectivity index (χ1) is 18.6. The lowest BCUT2D eigenvalue weighted by atomic mass is 9.78. The zero-order valence-electron chi connectivity index (χ0n) is 22.6. The SMILES string of the molecule is COc1ccc(S(=O)(=O)N(C)[C@H]2C[C@H]3c4cc(Oc5ccccc5C)ccc4CCN3C(=O)[C@H]2[C@H](C)O)cc1. The summed E-state index contributed by atoms with van der Waals surface area (Å²) in [5.74, 6) is 0.837. The van der Waals surface area contributed by atoms with Crippen molar-refractivity contribution in [3.05, 3.63) is 83.4 Å². The van der Waals surface area contributed by atoms with Crippen molar-refractivity contribution >= 4 is 15.9 Å². The van der Waals surface area contributed by atoms with Crippen molar-refractivity contribution in [3.8, 4) is 17.2 Å². The molecule has 4 atom stereocenters. The largest absolute Gasteiger partial charge is 0.497 e. The molecule has 1 amide bonds. The van der Waals surface area contributed by atoms with Crippen LogP contribution in [0.4, 0.5) is 0 Å². The number of fused-ring (bicyclic) bond motifs is 3. The maximum atomic E-state index is 13.8. The highest BCUT2D eigenvalue weighted by Gasteiger charge is 2.49. The van der Waals surface area contributed by atoms with E-state index < -0.39 is 28.1 Å². The number of aliphatic hydroxyl groups excluding tert-OH is 1. The lowest BCUT2D eigenvalue weighted by Gasteiger charge is -2.49. The number of sulfonamides is 1. The highest BCUT2D eigenvalue weighted by atomic mass is 32.2. The fraction of sp³-hybridized carbons (Fsp3) is 0.367. The number of aliphatic hydroxyl groups is 1. The number of piperidine rings is 1. The summed E-state index contributed by atoms with van der Waals surface area (Å²) in [6.07, 6.45) is 0.0158. The minimum atomic E-state index is -3.95. The normalized spacial score (nSPS) is 21.7. The molecule has 3 aromatic carbocycles. The third kappa shape index (κ3) is 5.02. The van der Waals surface area contributed by atoms with Gasteiger partial charge in [0.1, 0.15) is 17.2 Å². The number of hydrogen-bond donors (Lipinski definition) is 1. The van der Waals surface area contributed by atoms with Gasteiger partial charge in [-0.3, -0.25) is 4.79 Å². The summed E-state index contributed by atoms with van der Waals surface area (Å²) in [7, 11) is -0.945. The summed E-state index contributed by atoms with van der Waals surface area (Å²) in [5, 5.41) is 10.7. The molecule has 0 aliphatic carbocycles. The Morgan fingerprint density at radius 1 is 1.05 bits per heavy atom. The Labute approximate surface area is 229 Å². The van der Waals surface area contributed by atoms with Gasteiger partial charge in [0.15, 0.2) is 0 Å². The molecule has 2 heterocycles. The Hall–Kier alpha value is -3.40. The van der Waals surface area contributed by atoms with Gasteiger partial charge in [-0.1, -0.05) is 24.3 Å². The number of amides is 1. The van der Waals surface area contributed by atoms with Gasteiger partial charge in [-0.2, -0.15) is 4.31 Å². The summed E-state index contributed by atoms with van der Waals surface area (Å²) >= 11 is 0. The number of hydrogen-bond acceptors (Lipinski definition) is 6. The third-order valence-electron chi connectivity index (χ3n) is 7.97. The van der Waals surface area contributed by atoms with E-state index in [0.717, 1.165) is 22.4 Å². The van der Waals surface area contributed by atoms with Crippen molar-refractivity contribution in [2.75, 3.05) is 20.7 Å². The van der Waals surface area contributed by atoms with Gasteiger partial charge < -0.3 is 19.5 Å². The molecule has 0 bridgehead atoms. The van der Waals surface area contributed by atoms with E-state index in [1.807, 2.05) is 49.4 Å². The van der Waals surface area contributed by atoms with Crippen molar-refractivity contribution in [1.82, 2.24) is 9.21 Å². The van der Waals surface area contributed by atoms with Crippen LogP contribution in [0.5, 0.6) is 17.2 Å². The van der Waals surface area contributed by atoms with Gasteiger partial charge in [0.05, 0.1) is 30.1 Å². The van der Waals surface area contributed by atoms with E-state index in [1.54, 1.807) is 24.0 Å². The van der Waals surface area contributed by atoms with Crippen LogP contribution in [0.25, 0.3) is 0 Å². The van der Waals surface area contributed by atoms with Crippen LogP contribution in [0.3, 0.4) is 0 Å². The first-order valence-electron chi connectivity index (χ1n) is 13.1. The van der Waals surface area contributed by atoms with Crippen molar-refractivity contribution in [2.45, 2.75) is 49.8 Å². The molecule has 0 radical (unpaired) electrons. The Bertz CT molecular complexity index is 1470. The van der Waals surface area contributed by atoms with Crippen LogP contribution in [-0.2, 0) is 21.2 Å². The lowest BCUT2D eigenvalue weighted by molar-refractivity contribution is -0.150. The molecule has 2 aliphatic heterocycles. The topological polar surface area (TPSA) is 96.4 Å². The van der Waals surface area contributed by atoms with E-state index in [-0.39, 0.29) is 16.8 Å². The Balaban J connectivity index is 1.50. The Morgan fingerprint density at radius 2 is 1.74 bits per heavy atom. The van der Waals surface area contributed by atoms with Crippen molar-refractivity contribution < 1.29 is 27.8 Å². The first-order valence-corrected chi connectivity index (χ1v) is 14.5. The summed E-state index contributed by atoms with van der Waals surface area (Å²) in [6.45, 7) is 4.05. The number of benzene rings is 3. The molecule has 0 spiro atoms. The molecule has 1 N–H and O–H groups in total. The molecule has 1 fully saturated rings. The fourth-order valence-corrected chi connectivity index (χ4v) is 7.17. The van der Waals surface area contributed by atoms with Crippen molar-refractivity contribution in [1.29, 1.82) is 0 Å². The van der Waals surface area contributed by atoms with E-state index in [0.29, 0.717) is 30.9 Å². The number of rotatable bonds is 7. The number of methoxy groups -OCH3 is 1. The molecule has 9 heteroatoms. The summed E-state index contributed by atoms with van der Waals surface area (Å²) in [4.78, 5) is 15.7. The fourth-order valence-electron chi connectivity index (χ4n) is 5.78. The van der Waals surface area contributed by atoms with Gasteiger partial charge in [0, 0.05) is 19.6 Å². The first kappa shape index (κ1) is 27.2. The standard InChI is InChI=1S/C30H34N2O6S/c1-19-7-5-6-8-28(19)38-23-10-9-21-15-16-32-26(25(21)17-23)18-27(29(20(2)33)30(32)34)31(3)39(35,36)24-13-11-22(37-4)12-14-24/h5-14,17,20,26-27,29,33H,15-16,18H2,1-4H3/t20-,26-,27-,29-/m0/s1. The molecule has 0 aromatic heterocycles. The quantitative estimate of drug-likeness (QED) is 0.471. The van der Waals surface area contributed by atoms with Crippen LogP contribution in [0.2, 0.25) is 0 Å². The summed E-state index contributed by atoms with van der Waals surface area (Å²) in [5.41, 5.74) is 3.07. The highest BCUT2D eigenvalue weighted by Crippen LogP contribution is 2.44. The zero-order chi connectivity index (χ0) is 27.9. The Morgan fingerprint density at radius 3 is 2.41 bits per heavy atom. The number of nitrogens with zero attached hydrogens (tertiary/aromatic N) is 2. The maximum absolute atomic E-state index is 13.8. The van der Waals surface area contributed by atoms with Crippen LogP contribution < -0.4 is 9.47 Å². The maximum Gasteiger partial charge on any atom is 0.243 e. The third-order valence-corrected chi connectivity index (χ3v) is 9.86. The van der Waals surface area contributed by atoms with E-state index in [1.165, 1.54) is 30.6 Å². The van der Waals surface area contributed by atoms with E-state index in [2.05, 4.69) is 0 Å². The molecule has 0 saturated carbocycles. The molecule has 2 aliphatic rings. The van der Waals surface area contributed by atoms with E-state index in [4.69, 9.17) is 9.47 Å². The number of carbonyl (C=O) groups excluding carboxylic acids is 1. The van der Waals surface area contributed by atoms with Crippen LogP contribution in [0, 0.1) is 12.8 Å². The summed E-state index contributed by atoms with van der Waals surface area (Å²) < 4.78 is 39.9. The van der Waals surface area contributed by atoms with Crippen LogP contribution in [0.15, 0.2) is 71.6 Å². The molecule has 206 valence electrons. The molecular formula is C30H34N2O6S. The number of ether oxygens (including phenoxy) is 2. The van der Waals surface area contributed by atoms with Gasteiger partial charge in [0.2, 0.25) is 15.9 Å². The van der Waals surface area contributed by atoms with E-state index in [9.17, 15) is 18.3 Å². The molecule has 3 aromatic rings. The average Bonchev–Trinajstić information content (AvgIpc) is 2.93. The Kier molecular flexibility index (Phi) is 7.41. The van der Waals surface area contributed by atoms with Crippen molar-refractivity contribution in [2.24, 2.45) is 5.92 Å². The zero-order valence-corrected chi connectivity index (χ0v) is 23.4. The second kappa shape index (κ2) is 10.6. The number of aryl methyl sites for hydroxylation is 1. The lowest BCUT2D eigenvalue weighted by Crippen LogP contribution is -2.59. The minimum absolute atomic E-state index is 0.1000. The van der Waals surface area contributed by atoms with Crippen LogP contribution in [-0.4, -0.2) is 61.5 Å². The smallest absolute Gasteiger partial charge is 0.243 e. The predicted molar refractivity (Wildman–Crippen MR) is 147 cm³/mol. The summed E-state index contributed by atoms with van der Waals surface area (Å²) in [6, 6.07) is 18.8. The molecule has 39 heavy (non-hydrogen) atoms. The molecule has 1 saturated heterocycles. The van der Waals surface area contributed by atoms with E-state index >= 15 is 0 Å². The monoisotopic (exact) mass is 550 g/mol. The molecular weight excluding hydrogens is 516 g/mol. The highest BCUT2D eigenvalue weighted by molar-refractivity contribution is 7.89. The number of carbonyl (C=O) groups is 1. The molecule has 8 nitrogen and oxygen atoms in total. The molecule has 5 rings (SSSR count). The van der Waals surface area contributed by atoms with Crippen LogP contribution in [0.1, 0.15) is 36.1 Å². The van der Waals surface area contributed by atoms with Gasteiger partial charge in [-0.25, -0.2) is 8.42 Å². The van der Waals surface area contributed by atoms with Gasteiger partial charge in [-0.15, -0.1) is 0 Å². The predicted octanol–water partition coefficient (Wildman–Crippen LogP) is 4.31. The van der Waals surface area contributed by atoms with Gasteiger partial charge >= 0.3 is 0 Å². The van der Waals surface area contributed by atoms with Crippen molar-refractivity contribution in [3.63, 3.8) is 0 Å². The molecule has 0 unspecified atom stereocenters. The minimum Gasteiger partial charge on any atom is -0.497 e. The van der Waals surface area contributed by atoms with Gasteiger partial charge in [0.25, 0.3) is 0 Å². The second-order valence-corrected chi connectivity index (χ2v) is 12.3. The number of para-hydroxylation sites is 1. The van der Waals surface area contributed by atoms with Crippen LogP contribution >= 0.6 is 0 Å².